The summed E-state index contributed by atoms with van der Waals surface area (Å²) < 4.78 is 2.42. The summed E-state index contributed by atoms with van der Waals surface area (Å²) in [5.74, 6) is 2.18. The number of nitrogens with zero attached hydrogens (tertiary/aromatic N) is 1. The van der Waals surface area contributed by atoms with Gasteiger partial charge in [-0.1, -0.05) is 53.5 Å². The van der Waals surface area contributed by atoms with Gasteiger partial charge in [-0.05, 0) is 36.3 Å². The van der Waals surface area contributed by atoms with Gasteiger partial charge in [0.2, 0.25) is 5.91 Å². The van der Waals surface area contributed by atoms with Crippen molar-refractivity contribution in [3.63, 3.8) is 0 Å². The van der Waals surface area contributed by atoms with E-state index in [0.717, 1.165) is 6.42 Å². The Labute approximate surface area is 170 Å². The average Bonchev–Trinajstić information content (AvgIpc) is 2.44. The average molecular weight is 432 g/mol. The number of carbonyl (C=O) groups is 2. The fraction of sp³-hybridized carbons (Fsp3) is 0.895. The molecule has 150 valence electrons. The van der Waals surface area contributed by atoms with Crippen LogP contribution in [0.1, 0.15) is 40.5 Å². The number of amides is 1. The third-order valence-corrected chi connectivity index (χ3v) is 22.1. The summed E-state index contributed by atoms with van der Waals surface area (Å²) in [6.07, 6.45) is 2.26. The highest BCUT2D eigenvalue weighted by molar-refractivity contribution is 8.21. The highest BCUT2D eigenvalue weighted by Gasteiger charge is 2.61. The van der Waals surface area contributed by atoms with Gasteiger partial charge in [0.05, 0.1) is 11.8 Å². The molecule has 0 saturated carbocycles. The third kappa shape index (κ3) is 3.74. The van der Waals surface area contributed by atoms with E-state index in [4.69, 9.17) is 0 Å². The van der Waals surface area contributed by atoms with E-state index in [9.17, 15) is 9.59 Å². The van der Waals surface area contributed by atoms with Crippen molar-refractivity contribution in [2.75, 3.05) is 11.5 Å². The number of ketones is 1. The van der Waals surface area contributed by atoms with Crippen LogP contribution in [0.2, 0.25) is 37.8 Å². The number of Topliss-reactive ketones (excluding diaryl/α,β-unsaturated/α-hetero) is 1. The van der Waals surface area contributed by atoms with E-state index in [1.54, 1.807) is 6.92 Å². The molecule has 2 heterocycles. The Morgan fingerprint density at radius 2 is 1.65 bits per heavy atom. The first-order chi connectivity index (χ1) is 11.7. The number of hydrogen-bond acceptors (Lipinski definition) is 4. The Bertz CT molecular complexity index is 575. The molecule has 0 aromatic rings. The minimum absolute atomic E-state index is 0.0616. The second kappa shape index (κ2) is 7.27. The van der Waals surface area contributed by atoms with E-state index < -0.39 is 22.2 Å². The lowest BCUT2D eigenvalue weighted by atomic mass is 9.85. The molecule has 0 unspecified atom stereocenters. The van der Waals surface area contributed by atoms with Gasteiger partial charge in [0.25, 0.3) is 0 Å². The maximum atomic E-state index is 13.0. The van der Waals surface area contributed by atoms with Crippen molar-refractivity contribution in [1.82, 2.24) is 4.57 Å². The molecule has 7 heteroatoms. The van der Waals surface area contributed by atoms with Crippen LogP contribution < -0.4 is 0 Å². The Morgan fingerprint density at radius 1 is 1.15 bits per heavy atom. The molecule has 2 fully saturated rings. The molecule has 2 aliphatic rings. The second-order valence-corrected chi connectivity index (χ2v) is 24.7. The largest absolute Gasteiger partial charge is 0.365 e. The van der Waals surface area contributed by atoms with Crippen LogP contribution in [0, 0.1) is 5.92 Å². The molecule has 1 amide bonds. The van der Waals surface area contributed by atoms with Gasteiger partial charge in [-0.15, -0.1) is 23.5 Å². The molecule has 0 bridgehead atoms. The summed E-state index contributed by atoms with van der Waals surface area (Å²) in [4.78, 5) is 25.4. The summed E-state index contributed by atoms with van der Waals surface area (Å²) in [6.45, 7) is 20.3. The van der Waals surface area contributed by atoms with Gasteiger partial charge < -0.3 is 4.57 Å². The van der Waals surface area contributed by atoms with Crippen molar-refractivity contribution in [3.05, 3.63) is 0 Å². The zero-order chi connectivity index (χ0) is 20.1. The van der Waals surface area contributed by atoms with Crippen molar-refractivity contribution >= 4 is 51.5 Å². The fourth-order valence-corrected chi connectivity index (χ4v) is 14.2. The van der Waals surface area contributed by atoms with Crippen LogP contribution in [0.15, 0.2) is 0 Å². The summed E-state index contributed by atoms with van der Waals surface area (Å²) in [5.41, 5.74) is 0. The van der Waals surface area contributed by atoms with Crippen LogP contribution in [0.4, 0.5) is 0 Å². The van der Waals surface area contributed by atoms with Gasteiger partial charge >= 0.3 is 0 Å². The first kappa shape index (κ1) is 22.6. The van der Waals surface area contributed by atoms with Crippen LogP contribution in [0.5, 0.6) is 0 Å². The maximum Gasteiger partial charge on any atom is 0.227 e. The molecule has 0 spiro atoms. The second-order valence-electron chi connectivity index (χ2n) is 10.4. The summed E-state index contributed by atoms with van der Waals surface area (Å²) >= 11 is 4.24. The molecule has 0 radical (unpaired) electrons. The summed E-state index contributed by atoms with van der Waals surface area (Å²) in [7, 11) is -3.46. The van der Waals surface area contributed by atoms with Crippen molar-refractivity contribution in [1.29, 1.82) is 0 Å². The highest BCUT2D eigenvalue weighted by Crippen LogP contribution is 2.55. The number of β-lactam (4-membered cyclic amide) rings is 1. The van der Waals surface area contributed by atoms with Gasteiger partial charge in [0, 0.05) is 6.04 Å². The quantitative estimate of drug-likeness (QED) is 0.339. The fourth-order valence-electron chi connectivity index (χ4n) is 3.96. The molecule has 26 heavy (non-hydrogen) atoms. The minimum atomic E-state index is -1.98. The number of rotatable bonds is 5. The topological polar surface area (TPSA) is 37.4 Å². The predicted octanol–water partition coefficient (Wildman–Crippen LogP) is 5.24. The Kier molecular flexibility index (Phi) is 6.30. The molecular formula is C19H37NO2S2Si2. The lowest BCUT2D eigenvalue weighted by Gasteiger charge is -2.60. The molecule has 2 atom stereocenters. The SMILES string of the molecule is CC(=O)[C@H]1C(=O)N([Si](C)(C)C(C)(C)C)[C@@H]1CC1([Si](C)(C)C)SCCCS1. The van der Waals surface area contributed by atoms with Crippen molar-refractivity contribution < 1.29 is 9.59 Å². The Balaban J connectivity index is 2.41. The monoisotopic (exact) mass is 431 g/mol. The third-order valence-electron chi connectivity index (χ3n) is 6.68. The highest BCUT2D eigenvalue weighted by atomic mass is 32.2. The minimum Gasteiger partial charge on any atom is -0.365 e. The molecule has 2 saturated heterocycles. The number of thioether (sulfide) groups is 2. The molecule has 0 N–H and O–H groups in total. The molecule has 3 nitrogen and oxygen atoms in total. The molecular weight excluding hydrogens is 395 g/mol. The predicted molar refractivity (Wildman–Crippen MR) is 122 cm³/mol. The first-order valence-corrected chi connectivity index (χ1v) is 18.2. The molecule has 0 aromatic heterocycles. The van der Waals surface area contributed by atoms with Crippen LogP contribution in [-0.2, 0) is 9.59 Å². The summed E-state index contributed by atoms with van der Waals surface area (Å²) in [5, 5.41) is 0.0991. The van der Waals surface area contributed by atoms with E-state index in [1.807, 2.05) is 0 Å². The first-order valence-electron chi connectivity index (χ1n) is 9.77. The number of hydrogen-bond donors (Lipinski definition) is 0. The Morgan fingerprint density at radius 3 is 2.04 bits per heavy atom. The van der Waals surface area contributed by atoms with Gasteiger partial charge in [-0.25, -0.2) is 0 Å². The molecule has 2 aliphatic heterocycles. The molecule has 0 aliphatic carbocycles. The normalized spacial score (nSPS) is 27.3. The molecule has 0 aromatic carbocycles. The van der Waals surface area contributed by atoms with E-state index >= 15 is 0 Å². The smallest absolute Gasteiger partial charge is 0.227 e. The van der Waals surface area contributed by atoms with Gasteiger partial charge in [0.1, 0.15) is 11.7 Å². The van der Waals surface area contributed by atoms with Crippen LogP contribution >= 0.6 is 23.5 Å². The van der Waals surface area contributed by atoms with Crippen molar-refractivity contribution in [2.24, 2.45) is 5.92 Å². The standard InChI is InChI=1S/C19H37NO2S2Si2/c1-14(21)16-15(20(17(16)22)26(8,9)18(2,3)4)13-19(25(5,6)7)23-11-10-12-24-19/h15-16H,10-13H2,1-9H3/t15-,16-/m1/s1. The van der Waals surface area contributed by atoms with Gasteiger partial charge in [0.15, 0.2) is 8.24 Å². The molecule has 2 rings (SSSR count). The van der Waals surface area contributed by atoms with Crippen LogP contribution in [-0.4, -0.2) is 53.8 Å². The van der Waals surface area contributed by atoms with Crippen LogP contribution in [0.25, 0.3) is 0 Å². The van der Waals surface area contributed by atoms with Crippen molar-refractivity contribution in [2.45, 2.75) is 88.1 Å². The van der Waals surface area contributed by atoms with Gasteiger partial charge in [-0.2, -0.15) is 0 Å². The number of carbonyl (C=O) groups excluding carboxylic acids is 2. The summed E-state index contributed by atoms with van der Waals surface area (Å²) in [6, 6.07) is 0.103. The zero-order valence-electron chi connectivity index (χ0n) is 18.1. The van der Waals surface area contributed by atoms with Crippen molar-refractivity contribution in [3.8, 4) is 0 Å². The van der Waals surface area contributed by atoms with E-state index in [2.05, 4.69) is 81.6 Å². The Hall–Kier alpha value is 0.274. The van der Waals surface area contributed by atoms with E-state index in [1.165, 1.54) is 17.9 Å². The van der Waals surface area contributed by atoms with E-state index in [-0.39, 0.29) is 26.5 Å². The maximum absolute atomic E-state index is 13.0. The van der Waals surface area contributed by atoms with Crippen LogP contribution in [0.3, 0.4) is 0 Å². The van der Waals surface area contributed by atoms with Gasteiger partial charge in [-0.3, -0.25) is 9.59 Å². The lowest BCUT2D eigenvalue weighted by molar-refractivity contribution is -0.153. The van der Waals surface area contributed by atoms with E-state index in [0.29, 0.717) is 0 Å². The zero-order valence-corrected chi connectivity index (χ0v) is 21.7. The lowest BCUT2D eigenvalue weighted by Crippen LogP contribution is -2.75.